The SMILES string of the molecule is C/C1=C\C(O)C(C)(C)[C@H]2C[C@@H](O[Si](c3ccccc3)(c3ccccc3)C(C)(C)C)C=C(O2)C(C)C(=O)O[C@@H](COC(c2ccccc2)(c2ccccc2)c2ccccc2)C1. The Kier molecular flexibility index (Phi) is 12.8. The average Bonchev–Trinajstić information content (AvgIpc) is 3.26. The van der Waals surface area contributed by atoms with Crippen molar-refractivity contribution >= 4 is 24.7 Å². The van der Waals surface area contributed by atoms with E-state index in [4.69, 9.17) is 18.6 Å². The molecule has 5 atom stereocenters. The molecule has 2 aliphatic heterocycles. The third kappa shape index (κ3) is 8.59. The fourth-order valence-corrected chi connectivity index (χ4v) is 13.7. The predicted octanol–water partition coefficient (Wildman–Crippen LogP) is 9.90. The monoisotopic (exact) mass is 820 g/mol. The highest BCUT2D eigenvalue weighted by Crippen LogP contribution is 2.44. The number of cyclic esters (lactones) is 1. The molecule has 0 aliphatic carbocycles. The number of ether oxygens (including phenoxy) is 3. The van der Waals surface area contributed by atoms with Gasteiger partial charge < -0.3 is 23.7 Å². The molecule has 5 aromatic carbocycles. The van der Waals surface area contributed by atoms with Crippen LogP contribution in [0.2, 0.25) is 5.04 Å². The number of rotatable bonds is 10. The molecule has 60 heavy (non-hydrogen) atoms. The van der Waals surface area contributed by atoms with Gasteiger partial charge in [-0.15, -0.1) is 0 Å². The second-order valence-corrected chi connectivity index (χ2v) is 22.3. The number of carbonyl (C=O) groups excluding carboxylic acids is 1. The third-order valence-electron chi connectivity index (χ3n) is 12.5. The second-order valence-electron chi connectivity index (χ2n) is 18.1. The summed E-state index contributed by atoms with van der Waals surface area (Å²) >= 11 is 0. The molecule has 312 valence electrons. The maximum atomic E-state index is 14.5. The van der Waals surface area contributed by atoms with E-state index in [1.54, 1.807) is 0 Å². The molecule has 7 heteroatoms. The number of aliphatic hydroxyl groups excluding tert-OH is 1. The smallest absolute Gasteiger partial charge is 0.316 e. The molecule has 2 heterocycles. The normalized spacial score (nSPS) is 23.4. The van der Waals surface area contributed by atoms with Crippen LogP contribution in [0.15, 0.2) is 175 Å². The highest BCUT2D eigenvalue weighted by atomic mass is 28.4. The number of fused-ring (bicyclic) bond motifs is 2. The predicted molar refractivity (Wildman–Crippen MR) is 242 cm³/mol. The first kappa shape index (κ1) is 43.0. The van der Waals surface area contributed by atoms with Gasteiger partial charge in [0, 0.05) is 18.3 Å². The number of esters is 1. The van der Waals surface area contributed by atoms with Gasteiger partial charge in [-0.05, 0) is 52.0 Å². The van der Waals surface area contributed by atoms with Gasteiger partial charge in [0.25, 0.3) is 8.32 Å². The van der Waals surface area contributed by atoms with Gasteiger partial charge in [0.15, 0.2) is 0 Å². The summed E-state index contributed by atoms with van der Waals surface area (Å²) in [6.45, 7) is 14.8. The maximum Gasteiger partial charge on any atom is 0.316 e. The Bertz CT molecular complexity index is 2100. The van der Waals surface area contributed by atoms with Crippen LogP contribution >= 0.6 is 0 Å². The molecule has 5 aromatic rings. The summed E-state index contributed by atoms with van der Waals surface area (Å²) in [5.74, 6) is -0.664. The average molecular weight is 821 g/mol. The summed E-state index contributed by atoms with van der Waals surface area (Å²) in [5.41, 5.74) is 2.02. The number of hydrogen-bond donors (Lipinski definition) is 1. The molecule has 7 rings (SSSR count). The van der Waals surface area contributed by atoms with E-state index >= 15 is 0 Å². The molecule has 2 bridgehead atoms. The zero-order chi connectivity index (χ0) is 42.5. The number of aliphatic hydroxyl groups is 1. The summed E-state index contributed by atoms with van der Waals surface area (Å²) < 4.78 is 28.1. The summed E-state index contributed by atoms with van der Waals surface area (Å²) in [4.78, 5) is 14.5. The quantitative estimate of drug-likeness (QED) is 0.0655. The Balaban J connectivity index is 1.27. The van der Waals surface area contributed by atoms with Crippen LogP contribution in [0, 0.1) is 11.3 Å². The molecule has 0 radical (unpaired) electrons. The van der Waals surface area contributed by atoms with Gasteiger partial charge in [-0.25, -0.2) is 0 Å². The molecule has 2 aliphatic rings. The van der Waals surface area contributed by atoms with E-state index in [1.807, 2.05) is 107 Å². The second kappa shape index (κ2) is 17.9. The third-order valence-corrected chi connectivity index (χ3v) is 17.6. The first-order chi connectivity index (χ1) is 28.8. The van der Waals surface area contributed by atoms with Gasteiger partial charge in [-0.3, -0.25) is 4.79 Å². The first-order valence-corrected chi connectivity index (χ1v) is 23.2. The molecular formula is C53H60O6Si. The highest BCUT2D eigenvalue weighted by molar-refractivity contribution is 6.99. The van der Waals surface area contributed by atoms with E-state index in [0.29, 0.717) is 18.6 Å². The minimum absolute atomic E-state index is 0.0872. The highest BCUT2D eigenvalue weighted by Gasteiger charge is 2.53. The summed E-state index contributed by atoms with van der Waals surface area (Å²) in [6.07, 6.45) is 2.36. The van der Waals surface area contributed by atoms with Gasteiger partial charge in [0.1, 0.15) is 29.5 Å². The van der Waals surface area contributed by atoms with Crippen molar-refractivity contribution in [3.8, 4) is 0 Å². The molecule has 0 saturated heterocycles. The molecule has 0 amide bonds. The van der Waals surface area contributed by atoms with Gasteiger partial charge in [-0.1, -0.05) is 198 Å². The van der Waals surface area contributed by atoms with E-state index in [0.717, 1.165) is 22.3 Å². The summed E-state index contributed by atoms with van der Waals surface area (Å²) in [6, 6.07) is 51.7. The van der Waals surface area contributed by atoms with E-state index in [-0.39, 0.29) is 11.6 Å². The van der Waals surface area contributed by atoms with Crippen LogP contribution < -0.4 is 10.4 Å². The zero-order valence-corrected chi connectivity index (χ0v) is 37.1. The van der Waals surface area contributed by atoms with Crippen molar-refractivity contribution in [2.75, 3.05) is 6.61 Å². The molecule has 0 fully saturated rings. The lowest BCUT2D eigenvalue weighted by Crippen LogP contribution is -2.68. The van der Waals surface area contributed by atoms with Crippen LogP contribution in [0.5, 0.6) is 0 Å². The summed E-state index contributed by atoms with van der Waals surface area (Å²) in [7, 11) is -3.00. The molecule has 2 unspecified atom stereocenters. The van der Waals surface area contributed by atoms with Crippen molar-refractivity contribution in [2.24, 2.45) is 11.3 Å². The Hall–Kier alpha value is -5.05. The number of benzene rings is 5. The first-order valence-electron chi connectivity index (χ1n) is 21.3. The molecule has 6 nitrogen and oxygen atoms in total. The van der Waals surface area contributed by atoms with Gasteiger partial charge in [-0.2, -0.15) is 0 Å². The molecule has 0 spiro atoms. The minimum atomic E-state index is -3.00. The van der Waals surface area contributed by atoms with Crippen molar-refractivity contribution in [3.63, 3.8) is 0 Å². The summed E-state index contributed by atoms with van der Waals surface area (Å²) in [5, 5.41) is 14.1. The van der Waals surface area contributed by atoms with E-state index < -0.39 is 55.6 Å². The van der Waals surface area contributed by atoms with Crippen LogP contribution in [-0.2, 0) is 29.0 Å². The van der Waals surface area contributed by atoms with Crippen LogP contribution in [0.1, 0.15) is 78.0 Å². The van der Waals surface area contributed by atoms with Crippen molar-refractivity contribution < 1.29 is 28.5 Å². The van der Waals surface area contributed by atoms with Crippen molar-refractivity contribution in [3.05, 3.63) is 192 Å². The van der Waals surface area contributed by atoms with Gasteiger partial charge in [0.05, 0.1) is 18.8 Å². The maximum absolute atomic E-state index is 14.5. The van der Waals surface area contributed by atoms with Crippen molar-refractivity contribution in [2.45, 2.75) is 96.4 Å². The van der Waals surface area contributed by atoms with Gasteiger partial charge >= 0.3 is 5.97 Å². The van der Waals surface area contributed by atoms with Crippen LogP contribution in [0.3, 0.4) is 0 Å². The minimum Gasteiger partial charge on any atom is -0.493 e. The van der Waals surface area contributed by atoms with E-state index in [2.05, 4.69) is 106 Å². The lowest BCUT2D eigenvalue weighted by Gasteiger charge is -2.48. The molecule has 1 N–H and O–H groups in total. The Morgan fingerprint density at radius 2 is 1.15 bits per heavy atom. The van der Waals surface area contributed by atoms with Crippen LogP contribution in [0.4, 0.5) is 0 Å². The Morgan fingerprint density at radius 1 is 0.700 bits per heavy atom. The van der Waals surface area contributed by atoms with E-state index in [1.165, 1.54) is 10.4 Å². The Labute approximate surface area is 358 Å². The fraction of sp³-hybridized carbons (Fsp3) is 0.340. The largest absolute Gasteiger partial charge is 0.493 e. The van der Waals surface area contributed by atoms with E-state index in [9.17, 15) is 9.90 Å². The lowest BCUT2D eigenvalue weighted by molar-refractivity contribution is -0.161. The lowest BCUT2D eigenvalue weighted by atomic mass is 9.76. The number of hydrogen-bond acceptors (Lipinski definition) is 6. The standard InChI is InChI=1S/C53H60O6Si/c1-38-33-44(37-56-53(40-23-13-8-14-24-40,41-25-15-9-16-26-41)42-27-17-10-18-28-42)57-50(55)39(2)47-35-43(36-49(58-47)52(6,7)48(54)34-38)59-60(51(3,4)5,45-29-19-11-20-30-45)46-31-21-12-22-32-46/h8-32,34-35,39,43-44,48-49,54H,33,36-37H2,1-7H3/b38-34+/t39?,43-,44+,48?,49+/m0/s1. The Morgan fingerprint density at radius 3 is 1.60 bits per heavy atom. The van der Waals surface area contributed by atoms with Crippen LogP contribution in [0.25, 0.3) is 0 Å². The number of carbonyl (C=O) groups is 1. The van der Waals surface area contributed by atoms with Crippen LogP contribution in [-0.4, -0.2) is 50.4 Å². The van der Waals surface area contributed by atoms with Crippen molar-refractivity contribution in [1.82, 2.24) is 0 Å². The zero-order valence-electron chi connectivity index (χ0n) is 36.1. The topological polar surface area (TPSA) is 74.2 Å². The van der Waals surface area contributed by atoms with Crippen molar-refractivity contribution in [1.29, 1.82) is 0 Å². The molecule has 0 saturated carbocycles. The van der Waals surface area contributed by atoms with Gasteiger partial charge in [0.2, 0.25) is 0 Å². The molecular weight excluding hydrogens is 761 g/mol. The fourth-order valence-electron chi connectivity index (χ4n) is 9.02. The molecule has 0 aromatic heterocycles.